The lowest BCUT2D eigenvalue weighted by Crippen LogP contribution is -1.84. The fourth-order valence-corrected chi connectivity index (χ4v) is 2.64. The van der Waals surface area contributed by atoms with E-state index in [4.69, 9.17) is 0 Å². The lowest BCUT2D eigenvalue weighted by molar-refractivity contribution is 0.457. The molecule has 21 heavy (non-hydrogen) atoms. The number of hydrogen-bond donors (Lipinski definition) is 2. The Morgan fingerprint density at radius 3 is 2.76 bits per heavy atom. The fraction of sp³-hybridized carbons (Fsp3) is 0.167. The third kappa shape index (κ3) is 2.42. The first-order valence-corrected chi connectivity index (χ1v) is 7.13. The molecule has 0 unspecified atom stereocenters. The Morgan fingerprint density at radius 1 is 1.14 bits per heavy atom. The predicted octanol–water partition coefficient (Wildman–Crippen LogP) is 4.49. The summed E-state index contributed by atoms with van der Waals surface area (Å²) in [6.07, 6.45) is 2.68. The number of nitrogens with zero attached hydrogens (tertiary/aromatic N) is 1. The minimum absolute atomic E-state index is 0.164. The van der Waals surface area contributed by atoms with Gasteiger partial charge in [-0.2, -0.15) is 0 Å². The van der Waals surface area contributed by atoms with Crippen LogP contribution in [0.4, 0.5) is 5.69 Å². The van der Waals surface area contributed by atoms with Crippen molar-refractivity contribution in [3.63, 3.8) is 0 Å². The van der Waals surface area contributed by atoms with Gasteiger partial charge in [0.15, 0.2) is 5.88 Å². The summed E-state index contributed by atoms with van der Waals surface area (Å²) in [4.78, 5) is 7.56. The van der Waals surface area contributed by atoms with E-state index in [0.29, 0.717) is 0 Å². The first-order chi connectivity index (χ1) is 10.2. The van der Waals surface area contributed by atoms with Gasteiger partial charge in [-0.1, -0.05) is 37.3 Å². The second-order valence-electron chi connectivity index (χ2n) is 5.13. The highest BCUT2D eigenvalue weighted by Gasteiger charge is 2.10. The molecule has 2 N–H and O–H groups in total. The molecular formula is C18H18N2O. The fourth-order valence-electron chi connectivity index (χ4n) is 2.64. The number of para-hydroxylation sites is 1. The molecule has 2 aromatic carbocycles. The molecule has 0 atom stereocenters. The first-order valence-electron chi connectivity index (χ1n) is 7.13. The summed E-state index contributed by atoms with van der Waals surface area (Å²) in [6.45, 7) is 4.15. The van der Waals surface area contributed by atoms with Gasteiger partial charge < -0.3 is 10.1 Å². The number of aliphatic imine (C=N–C) groups is 1. The van der Waals surface area contributed by atoms with Crippen molar-refractivity contribution in [2.24, 2.45) is 4.99 Å². The number of aromatic amines is 1. The first kappa shape index (κ1) is 13.4. The van der Waals surface area contributed by atoms with Gasteiger partial charge >= 0.3 is 0 Å². The lowest BCUT2D eigenvalue weighted by Gasteiger charge is -2.02. The number of H-pyrrole nitrogens is 1. The van der Waals surface area contributed by atoms with E-state index < -0.39 is 0 Å². The molecule has 0 aliphatic rings. The third-order valence-corrected chi connectivity index (χ3v) is 3.76. The van der Waals surface area contributed by atoms with E-state index in [0.717, 1.165) is 34.1 Å². The minimum Gasteiger partial charge on any atom is -0.494 e. The van der Waals surface area contributed by atoms with Gasteiger partial charge in [0.1, 0.15) is 0 Å². The molecule has 0 bridgehead atoms. The van der Waals surface area contributed by atoms with E-state index in [9.17, 15) is 5.11 Å². The molecule has 0 saturated carbocycles. The molecule has 3 aromatic rings. The Morgan fingerprint density at radius 2 is 1.95 bits per heavy atom. The Balaban J connectivity index is 2.09. The van der Waals surface area contributed by atoms with Crippen LogP contribution in [-0.4, -0.2) is 16.3 Å². The van der Waals surface area contributed by atoms with Crippen LogP contribution in [0, 0.1) is 6.92 Å². The summed E-state index contributed by atoms with van der Waals surface area (Å²) >= 11 is 0. The maximum atomic E-state index is 10.1. The average Bonchev–Trinajstić information content (AvgIpc) is 2.82. The molecule has 3 nitrogen and oxygen atoms in total. The summed E-state index contributed by atoms with van der Waals surface area (Å²) in [7, 11) is 0. The van der Waals surface area contributed by atoms with Crippen LogP contribution in [0.5, 0.6) is 5.88 Å². The standard InChI is InChI=1S/C18H18N2O/c1-3-13-8-4-5-9-15(13)19-11-14-17-12(2)7-6-10-16(17)20-18(14)21/h4-11,20-21H,3H2,1-2H3. The van der Waals surface area contributed by atoms with Crippen molar-refractivity contribution in [2.75, 3.05) is 0 Å². The number of fused-ring (bicyclic) bond motifs is 1. The number of aryl methyl sites for hydroxylation is 2. The van der Waals surface area contributed by atoms with Crippen LogP contribution in [0.2, 0.25) is 0 Å². The minimum atomic E-state index is 0.164. The van der Waals surface area contributed by atoms with Crippen LogP contribution >= 0.6 is 0 Å². The van der Waals surface area contributed by atoms with Gasteiger partial charge in [0.2, 0.25) is 0 Å². The molecule has 1 heterocycles. The monoisotopic (exact) mass is 278 g/mol. The zero-order valence-electron chi connectivity index (χ0n) is 12.2. The predicted molar refractivity (Wildman–Crippen MR) is 87.8 cm³/mol. The third-order valence-electron chi connectivity index (χ3n) is 3.76. The molecule has 3 rings (SSSR count). The Labute approximate surface area is 124 Å². The van der Waals surface area contributed by atoms with Crippen LogP contribution in [0.3, 0.4) is 0 Å². The number of benzene rings is 2. The van der Waals surface area contributed by atoms with Gasteiger partial charge in [0.05, 0.1) is 11.3 Å². The quantitative estimate of drug-likeness (QED) is 0.681. The summed E-state index contributed by atoms with van der Waals surface area (Å²) in [5.74, 6) is 0.164. The van der Waals surface area contributed by atoms with Crippen molar-refractivity contribution in [3.8, 4) is 5.88 Å². The van der Waals surface area contributed by atoms with Gasteiger partial charge in [-0.25, -0.2) is 0 Å². The van der Waals surface area contributed by atoms with Crippen molar-refractivity contribution in [1.82, 2.24) is 4.98 Å². The highest BCUT2D eigenvalue weighted by atomic mass is 16.3. The van der Waals surface area contributed by atoms with Crippen LogP contribution < -0.4 is 0 Å². The van der Waals surface area contributed by atoms with Crippen molar-refractivity contribution >= 4 is 22.8 Å². The zero-order valence-corrected chi connectivity index (χ0v) is 12.2. The van der Waals surface area contributed by atoms with Gasteiger partial charge in [-0.15, -0.1) is 0 Å². The highest BCUT2D eigenvalue weighted by Crippen LogP contribution is 2.29. The van der Waals surface area contributed by atoms with Gasteiger partial charge in [-0.05, 0) is 36.6 Å². The van der Waals surface area contributed by atoms with E-state index >= 15 is 0 Å². The second-order valence-corrected chi connectivity index (χ2v) is 5.13. The SMILES string of the molecule is CCc1ccccc1N=Cc1c(O)[nH]c2cccc(C)c12. The number of hydrogen-bond acceptors (Lipinski definition) is 2. The molecule has 0 amide bonds. The Kier molecular flexibility index (Phi) is 3.48. The molecule has 0 aliphatic carbocycles. The maximum Gasteiger partial charge on any atom is 0.198 e. The van der Waals surface area contributed by atoms with Crippen LogP contribution in [-0.2, 0) is 6.42 Å². The van der Waals surface area contributed by atoms with E-state index in [1.165, 1.54) is 5.56 Å². The molecule has 3 heteroatoms. The van der Waals surface area contributed by atoms with E-state index in [1.54, 1.807) is 6.21 Å². The summed E-state index contributed by atoms with van der Waals surface area (Å²) in [5.41, 5.74) is 4.94. The van der Waals surface area contributed by atoms with Crippen LogP contribution in [0.15, 0.2) is 47.5 Å². The average molecular weight is 278 g/mol. The van der Waals surface area contributed by atoms with E-state index in [-0.39, 0.29) is 5.88 Å². The van der Waals surface area contributed by atoms with Crippen molar-refractivity contribution in [1.29, 1.82) is 0 Å². The number of rotatable bonds is 3. The smallest absolute Gasteiger partial charge is 0.198 e. The van der Waals surface area contributed by atoms with Crippen molar-refractivity contribution in [2.45, 2.75) is 20.3 Å². The molecule has 0 aliphatic heterocycles. The Bertz CT molecular complexity index is 815. The topological polar surface area (TPSA) is 48.4 Å². The van der Waals surface area contributed by atoms with Crippen molar-refractivity contribution in [3.05, 3.63) is 59.2 Å². The molecule has 0 fully saturated rings. The molecule has 0 saturated heterocycles. The normalized spacial score (nSPS) is 11.5. The van der Waals surface area contributed by atoms with Gasteiger partial charge in [0.25, 0.3) is 0 Å². The molecule has 1 aromatic heterocycles. The van der Waals surface area contributed by atoms with Crippen LogP contribution in [0.25, 0.3) is 10.9 Å². The van der Waals surface area contributed by atoms with E-state index in [2.05, 4.69) is 23.0 Å². The largest absolute Gasteiger partial charge is 0.494 e. The van der Waals surface area contributed by atoms with Crippen molar-refractivity contribution < 1.29 is 5.11 Å². The zero-order chi connectivity index (χ0) is 14.8. The molecular weight excluding hydrogens is 260 g/mol. The Hall–Kier alpha value is -2.55. The highest BCUT2D eigenvalue weighted by molar-refractivity contribution is 6.04. The van der Waals surface area contributed by atoms with Crippen LogP contribution in [0.1, 0.15) is 23.6 Å². The molecule has 0 radical (unpaired) electrons. The molecule has 0 spiro atoms. The summed E-state index contributed by atoms with van der Waals surface area (Å²) < 4.78 is 0. The van der Waals surface area contributed by atoms with Gasteiger partial charge in [-0.3, -0.25) is 4.99 Å². The van der Waals surface area contributed by atoms with Gasteiger partial charge in [0, 0.05) is 17.1 Å². The molecule has 106 valence electrons. The second kappa shape index (κ2) is 5.44. The number of aromatic hydroxyl groups is 1. The summed E-state index contributed by atoms with van der Waals surface area (Å²) in [5, 5.41) is 11.1. The number of nitrogens with one attached hydrogen (secondary N) is 1. The lowest BCUT2D eigenvalue weighted by atomic mass is 10.1. The summed E-state index contributed by atoms with van der Waals surface area (Å²) in [6, 6.07) is 14.0. The maximum absolute atomic E-state index is 10.1. The van der Waals surface area contributed by atoms with E-state index in [1.807, 2.05) is 43.3 Å². The number of aromatic nitrogens is 1.